The van der Waals surface area contributed by atoms with Crippen molar-refractivity contribution in [3.63, 3.8) is 0 Å². The molecule has 0 unspecified atom stereocenters. The number of para-hydroxylation sites is 1. The Hall–Kier alpha value is -1.58. The van der Waals surface area contributed by atoms with Gasteiger partial charge in [0.2, 0.25) is 0 Å². The molecule has 0 aliphatic rings. The Balaban J connectivity index is 0.000000136. The summed E-state index contributed by atoms with van der Waals surface area (Å²) in [5, 5.41) is 4.21. The molecule has 0 bridgehead atoms. The molecular formula is C14H13NS2. The molecule has 0 aliphatic carbocycles. The standard InChI is InChI=1S/C8H6S2.C6H7N/c1-3-7(9-5-1)8-4-2-6-10-8;7-6-4-2-1-3-5-6/h1-6H;1-5H,7H2. The summed E-state index contributed by atoms with van der Waals surface area (Å²) in [6.07, 6.45) is 0. The number of anilines is 1. The molecule has 2 aromatic heterocycles. The van der Waals surface area contributed by atoms with E-state index in [1.165, 1.54) is 9.75 Å². The Bertz CT molecular complexity index is 480. The number of hydrogen-bond acceptors (Lipinski definition) is 3. The van der Waals surface area contributed by atoms with Crippen molar-refractivity contribution in [3.05, 3.63) is 65.4 Å². The zero-order valence-electron chi connectivity index (χ0n) is 9.24. The Labute approximate surface area is 109 Å². The van der Waals surface area contributed by atoms with Crippen molar-refractivity contribution in [2.45, 2.75) is 0 Å². The number of nitrogens with two attached hydrogens (primary N) is 1. The lowest BCUT2D eigenvalue weighted by molar-refractivity contribution is 1.69. The van der Waals surface area contributed by atoms with Crippen LogP contribution in [0.3, 0.4) is 0 Å². The first-order chi connectivity index (χ1) is 8.36. The van der Waals surface area contributed by atoms with E-state index in [1.807, 2.05) is 30.3 Å². The minimum Gasteiger partial charge on any atom is -0.399 e. The minimum atomic E-state index is 0.822. The first-order valence-corrected chi connectivity index (χ1v) is 7.00. The third-order valence-electron chi connectivity index (χ3n) is 2.08. The molecule has 0 fully saturated rings. The van der Waals surface area contributed by atoms with Crippen LogP contribution in [-0.4, -0.2) is 0 Å². The van der Waals surface area contributed by atoms with Gasteiger partial charge in [-0.2, -0.15) is 0 Å². The van der Waals surface area contributed by atoms with Crippen LogP contribution in [0.5, 0.6) is 0 Å². The third kappa shape index (κ3) is 3.73. The van der Waals surface area contributed by atoms with Gasteiger partial charge in [0.05, 0.1) is 0 Å². The normalized spacial score (nSPS) is 9.41. The molecule has 0 spiro atoms. The van der Waals surface area contributed by atoms with Gasteiger partial charge in [-0.05, 0) is 35.0 Å². The van der Waals surface area contributed by atoms with E-state index in [4.69, 9.17) is 5.73 Å². The molecule has 0 atom stereocenters. The first kappa shape index (κ1) is 11.9. The highest BCUT2D eigenvalue weighted by atomic mass is 32.1. The van der Waals surface area contributed by atoms with Crippen LogP contribution in [0.4, 0.5) is 5.69 Å². The van der Waals surface area contributed by atoms with Crippen molar-refractivity contribution in [2.75, 3.05) is 5.73 Å². The van der Waals surface area contributed by atoms with E-state index >= 15 is 0 Å². The highest BCUT2D eigenvalue weighted by Gasteiger charge is 1.96. The van der Waals surface area contributed by atoms with Gasteiger partial charge in [0.15, 0.2) is 0 Å². The van der Waals surface area contributed by atoms with E-state index in [0.717, 1.165) is 5.69 Å². The van der Waals surface area contributed by atoms with Crippen molar-refractivity contribution < 1.29 is 0 Å². The molecule has 2 N–H and O–H groups in total. The third-order valence-corrected chi connectivity index (χ3v) is 4.02. The van der Waals surface area contributed by atoms with Crippen LogP contribution >= 0.6 is 22.7 Å². The molecule has 0 amide bonds. The van der Waals surface area contributed by atoms with Gasteiger partial charge in [0.25, 0.3) is 0 Å². The Morgan fingerprint density at radius 2 is 1.18 bits per heavy atom. The smallest absolute Gasteiger partial charge is 0.0442 e. The quantitative estimate of drug-likeness (QED) is 0.627. The zero-order valence-corrected chi connectivity index (χ0v) is 10.9. The molecule has 0 saturated heterocycles. The topological polar surface area (TPSA) is 26.0 Å². The van der Waals surface area contributed by atoms with Gasteiger partial charge >= 0.3 is 0 Å². The molecule has 3 rings (SSSR count). The van der Waals surface area contributed by atoms with E-state index < -0.39 is 0 Å². The summed E-state index contributed by atoms with van der Waals surface area (Å²) in [6, 6.07) is 18.0. The van der Waals surface area contributed by atoms with Crippen LogP contribution in [0, 0.1) is 0 Å². The summed E-state index contributed by atoms with van der Waals surface area (Å²) < 4.78 is 0. The molecule has 3 heteroatoms. The fourth-order valence-corrected chi connectivity index (χ4v) is 2.87. The Kier molecular flexibility index (Phi) is 4.36. The number of nitrogen functional groups attached to an aromatic ring is 1. The summed E-state index contributed by atoms with van der Waals surface area (Å²) in [6.45, 7) is 0. The average Bonchev–Trinajstić information content (AvgIpc) is 3.04. The maximum Gasteiger partial charge on any atom is 0.0442 e. The Morgan fingerprint density at radius 3 is 1.47 bits per heavy atom. The van der Waals surface area contributed by atoms with Gasteiger partial charge in [-0.1, -0.05) is 30.3 Å². The largest absolute Gasteiger partial charge is 0.399 e. The molecule has 0 aliphatic heterocycles. The molecule has 17 heavy (non-hydrogen) atoms. The zero-order chi connectivity index (χ0) is 11.9. The van der Waals surface area contributed by atoms with Gasteiger partial charge in [-0.3, -0.25) is 0 Å². The Morgan fingerprint density at radius 1 is 0.647 bits per heavy atom. The fourth-order valence-electron chi connectivity index (χ4n) is 1.29. The van der Waals surface area contributed by atoms with Gasteiger partial charge in [-0.15, -0.1) is 22.7 Å². The van der Waals surface area contributed by atoms with E-state index in [9.17, 15) is 0 Å². The lowest BCUT2D eigenvalue weighted by Crippen LogP contribution is -1.79. The molecule has 0 saturated carbocycles. The number of hydrogen-bond donors (Lipinski definition) is 1. The summed E-state index contributed by atoms with van der Waals surface area (Å²) in [5.41, 5.74) is 6.18. The van der Waals surface area contributed by atoms with E-state index in [2.05, 4.69) is 35.0 Å². The lowest BCUT2D eigenvalue weighted by Gasteiger charge is -1.84. The first-order valence-electron chi connectivity index (χ1n) is 5.24. The molecule has 1 aromatic carbocycles. The van der Waals surface area contributed by atoms with Crippen LogP contribution in [-0.2, 0) is 0 Å². The van der Waals surface area contributed by atoms with Gasteiger partial charge < -0.3 is 5.73 Å². The van der Waals surface area contributed by atoms with Crippen LogP contribution in [0.25, 0.3) is 9.75 Å². The summed E-state index contributed by atoms with van der Waals surface area (Å²) in [4.78, 5) is 2.74. The van der Waals surface area contributed by atoms with Crippen molar-refractivity contribution in [1.82, 2.24) is 0 Å². The molecular weight excluding hydrogens is 246 g/mol. The maximum absolute atomic E-state index is 5.36. The lowest BCUT2D eigenvalue weighted by atomic mass is 10.3. The van der Waals surface area contributed by atoms with Crippen LogP contribution < -0.4 is 5.73 Å². The van der Waals surface area contributed by atoms with E-state index in [1.54, 1.807) is 22.7 Å². The second-order valence-electron chi connectivity index (χ2n) is 3.37. The van der Waals surface area contributed by atoms with E-state index in [0.29, 0.717) is 0 Å². The van der Waals surface area contributed by atoms with Crippen molar-refractivity contribution in [1.29, 1.82) is 0 Å². The van der Waals surface area contributed by atoms with Gasteiger partial charge in [0, 0.05) is 15.4 Å². The molecule has 1 nitrogen and oxygen atoms in total. The predicted molar refractivity (Wildman–Crippen MR) is 78.5 cm³/mol. The van der Waals surface area contributed by atoms with E-state index in [-0.39, 0.29) is 0 Å². The van der Waals surface area contributed by atoms with Crippen LogP contribution in [0.1, 0.15) is 0 Å². The highest BCUT2D eigenvalue weighted by Crippen LogP contribution is 2.28. The van der Waals surface area contributed by atoms with Crippen molar-refractivity contribution in [2.24, 2.45) is 0 Å². The van der Waals surface area contributed by atoms with Crippen molar-refractivity contribution in [3.8, 4) is 9.75 Å². The molecule has 86 valence electrons. The summed E-state index contributed by atoms with van der Waals surface area (Å²) in [5.74, 6) is 0. The number of thiophene rings is 2. The molecule has 2 heterocycles. The minimum absolute atomic E-state index is 0.822. The van der Waals surface area contributed by atoms with Crippen LogP contribution in [0.15, 0.2) is 65.4 Å². The van der Waals surface area contributed by atoms with Crippen LogP contribution in [0.2, 0.25) is 0 Å². The van der Waals surface area contributed by atoms with Gasteiger partial charge in [-0.25, -0.2) is 0 Å². The van der Waals surface area contributed by atoms with Crippen molar-refractivity contribution >= 4 is 28.4 Å². The van der Waals surface area contributed by atoms with Gasteiger partial charge in [0.1, 0.15) is 0 Å². The predicted octanol–water partition coefficient (Wildman–Crippen LogP) is 4.75. The summed E-state index contributed by atoms with van der Waals surface area (Å²) in [7, 11) is 0. The molecule has 0 radical (unpaired) electrons. The monoisotopic (exact) mass is 259 g/mol. The molecule has 3 aromatic rings. The maximum atomic E-state index is 5.36. The highest BCUT2D eigenvalue weighted by molar-refractivity contribution is 7.20. The second kappa shape index (κ2) is 6.23. The number of benzene rings is 1. The summed E-state index contributed by atoms with van der Waals surface area (Å²) >= 11 is 3.58. The number of rotatable bonds is 1. The fraction of sp³-hybridized carbons (Fsp3) is 0. The second-order valence-corrected chi connectivity index (χ2v) is 5.26. The average molecular weight is 259 g/mol. The SMILES string of the molecule is Nc1ccccc1.c1csc(-c2cccs2)c1.